The highest BCUT2D eigenvalue weighted by molar-refractivity contribution is 7.99. The lowest BCUT2D eigenvalue weighted by atomic mass is 10.1. The van der Waals surface area contributed by atoms with Gasteiger partial charge in [0.25, 0.3) is 0 Å². The second kappa shape index (κ2) is 11.4. The predicted octanol–water partition coefficient (Wildman–Crippen LogP) is 4.92. The third-order valence-electron chi connectivity index (χ3n) is 4.32. The van der Waals surface area contributed by atoms with Crippen molar-refractivity contribution < 1.29 is 14.0 Å². The molecule has 4 nitrogen and oxygen atoms in total. The Balaban J connectivity index is 2.11. The average molecular weight is 457 g/mol. The number of carbonyl (C=O) groups excluding carboxylic acids is 2. The molecule has 0 fully saturated rings. The van der Waals surface area contributed by atoms with Crippen LogP contribution in [0.15, 0.2) is 42.5 Å². The summed E-state index contributed by atoms with van der Waals surface area (Å²) >= 11 is 13.5. The fourth-order valence-electron chi connectivity index (χ4n) is 2.68. The molecule has 29 heavy (non-hydrogen) atoms. The van der Waals surface area contributed by atoms with Crippen LogP contribution in [0.2, 0.25) is 10.0 Å². The van der Waals surface area contributed by atoms with Gasteiger partial charge in [-0.05, 0) is 43.2 Å². The normalized spacial score (nSPS) is 11.8. The lowest BCUT2D eigenvalue weighted by Crippen LogP contribution is -2.48. The molecule has 2 rings (SSSR count). The van der Waals surface area contributed by atoms with Gasteiger partial charge in [-0.15, -0.1) is 11.8 Å². The number of thioether (sulfide) groups is 1. The first kappa shape index (κ1) is 23.5. The van der Waals surface area contributed by atoms with Crippen molar-refractivity contribution in [3.63, 3.8) is 0 Å². The highest BCUT2D eigenvalue weighted by atomic mass is 35.5. The number of carbonyl (C=O) groups is 2. The minimum absolute atomic E-state index is 0.114. The molecular formula is C21H23Cl2FN2O2S. The largest absolute Gasteiger partial charge is 0.355 e. The van der Waals surface area contributed by atoms with Gasteiger partial charge in [-0.25, -0.2) is 4.39 Å². The number of likely N-dealkylation sites (N-methyl/N-ethyl adjacent to an activating group) is 1. The molecule has 2 aromatic rings. The van der Waals surface area contributed by atoms with Crippen LogP contribution in [0.3, 0.4) is 0 Å². The van der Waals surface area contributed by atoms with E-state index in [9.17, 15) is 14.0 Å². The Morgan fingerprint density at radius 1 is 1.17 bits per heavy atom. The maximum atomic E-state index is 13.8. The number of hydrogen-bond donors (Lipinski definition) is 1. The Morgan fingerprint density at radius 3 is 2.55 bits per heavy atom. The van der Waals surface area contributed by atoms with Crippen LogP contribution in [0.1, 0.15) is 25.0 Å². The third-order valence-corrected chi connectivity index (χ3v) is 5.87. The van der Waals surface area contributed by atoms with E-state index in [1.807, 2.05) is 6.92 Å². The number of amides is 2. The van der Waals surface area contributed by atoms with Crippen LogP contribution in [0, 0.1) is 5.82 Å². The molecule has 1 atom stereocenters. The van der Waals surface area contributed by atoms with Gasteiger partial charge in [0.1, 0.15) is 11.9 Å². The van der Waals surface area contributed by atoms with E-state index < -0.39 is 6.04 Å². The minimum atomic E-state index is -0.678. The number of nitrogens with zero attached hydrogens (tertiary/aromatic N) is 1. The Kier molecular flexibility index (Phi) is 9.27. The summed E-state index contributed by atoms with van der Waals surface area (Å²) in [4.78, 5) is 26.7. The molecule has 0 saturated carbocycles. The Hall–Kier alpha value is -1.76. The quantitative estimate of drug-likeness (QED) is 0.582. The molecule has 0 spiro atoms. The fraction of sp³-hybridized carbons (Fsp3) is 0.333. The van der Waals surface area contributed by atoms with E-state index in [0.29, 0.717) is 33.5 Å². The molecule has 0 heterocycles. The summed E-state index contributed by atoms with van der Waals surface area (Å²) < 4.78 is 13.8. The molecule has 2 aromatic carbocycles. The third kappa shape index (κ3) is 6.91. The van der Waals surface area contributed by atoms with Gasteiger partial charge < -0.3 is 10.2 Å². The summed E-state index contributed by atoms with van der Waals surface area (Å²) in [5, 5.41) is 3.66. The van der Waals surface area contributed by atoms with Gasteiger partial charge in [0, 0.05) is 28.9 Å². The van der Waals surface area contributed by atoms with Crippen LogP contribution in [-0.4, -0.2) is 35.1 Å². The second-order valence-corrected chi connectivity index (χ2v) is 8.24. The molecule has 1 N–H and O–H groups in total. The summed E-state index contributed by atoms with van der Waals surface area (Å²) in [5.41, 5.74) is 1.23. The molecule has 0 radical (unpaired) electrons. The zero-order valence-electron chi connectivity index (χ0n) is 16.3. The van der Waals surface area contributed by atoms with Crippen LogP contribution >= 0.6 is 35.0 Å². The van der Waals surface area contributed by atoms with Crippen molar-refractivity contribution in [2.45, 2.75) is 32.2 Å². The lowest BCUT2D eigenvalue weighted by Gasteiger charge is -2.29. The van der Waals surface area contributed by atoms with E-state index in [4.69, 9.17) is 23.2 Å². The lowest BCUT2D eigenvalue weighted by molar-refractivity contribution is -0.138. The van der Waals surface area contributed by atoms with Crippen LogP contribution < -0.4 is 5.32 Å². The van der Waals surface area contributed by atoms with Gasteiger partial charge in [-0.2, -0.15) is 0 Å². The molecule has 8 heteroatoms. The summed E-state index contributed by atoms with van der Waals surface area (Å²) in [6.45, 7) is 4.13. The molecule has 0 aliphatic rings. The van der Waals surface area contributed by atoms with Crippen molar-refractivity contribution in [3.05, 3.63) is 69.5 Å². The maximum Gasteiger partial charge on any atom is 0.242 e. The molecule has 0 aromatic heterocycles. The topological polar surface area (TPSA) is 49.4 Å². The van der Waals surface area contributed by atoms with E-state index in [1.165, 1.54) is 22.7 Å². The van der Waals surface area contributed by atoms with E-state index in [2.05, 4.69) is 5.32 Å². The van der Waals surface area contributed by atoms with Gasteiger partial charge in [0.2, 0.25) is 11.8 Å². The number of benzene rings is 2. The summed E-state index contributed by atoms with van der Waals surface area (Å²) in [5.74, 6) is -0.290. The molecular weight excluding hydrogens is 434 g/mol. The zero-order valence-corrected chi connectivity index (χ0v) is 18.6. The van der Waals surface area contributed by atoms with Crippen LogP contribution in [0.4, 0.5) is 4.39 Å². The zero-order chi connectivity index (χ0) is 21.4. The molecule has 2 amide bonds. The van der Waals surface area contributed by atoms with Crippen molar-refractivity contribution in [3.8, 4) is 0 Å². The predicted molar refractivity (Wildman–Crippen MR) is 118 cm³/mol. The first-order valence-corrected chi connectivity index (χ1v) is 11.1. The van der Waals surface area contributed by atoms with Crippen LogP contribution in [0.25, 0.3) is 0 Å². The smallest absolute Gasteiger partial charge is 0.242 e. The van der Waals surface area contributed by atoms with Gasteiger partial charge in [0.05, 0.1) is 5.75 Å². The number of hydrogen-bond acceptors (Lipinski definition) is 3. The molecule has 0 aliphatic heterocycles. The molecule has 0 bridgehead atoms. The van der Waals surface area contributed by atoms with E-state index >= 15 is 0 Å². The fourth-order valence-corrected chi connectivity index (χ4v) is 4.05. The van der Waals surface area contributed by atoms with Gasteiger partial charge in [-0.1, -0.05) is 47.5 Å². The van der Waals surface area contributed by atoms with Gasteiger partial charge in [0.15, 0.2) is 0 Å². The number of nitrogens with one attached hydrogen (secondary N) is 1. The molecule has 0 saturated heterocycles. The average Bonchev–Trinajstić information content (AvgIpc) is 2.68. The highest BCUT2D eigenvalue weighted by Gasteiger charge is 2.26. The highest BCUT2D eigenvalue weighted by Crippen LogP contribution is 2.24. The Morgan fingerprint density at radius 2 is 1.90 bits per heavy atom. The number of halogens is 3. The van der Waals surface area contributed by atoms with Gasteiger partial charge >= 0.3 is 0 Å². The maximum absolute atomic E-state index is 13.8. The number of rotatable bonds is 9. The van der Waals surface area contributed by atoms with Gasteiger partial charge in [-0.3, -0.25) is 9.59 Å². The monoisotopic (exact) mass is 456 g/mol. The Labute approximate surface area is 184 Å². The Bertz CT molecular complexity index is 866. The van der Waals surface area contributed by atoms with Crippen LogP contribution in [0.5, 0.6) is 0 Å². The van der Waals surface area contributed by atoms with Crippen molar-refractivity contribution in [2.75, 3.05) is 12.3 Å². The summed E-state index contributed by atoms with van der Waals surface area (Å²) in [6, 6.07) is 10.8. The first-order chi connectivity index (χ1) is 13.8. The van der Waals surface area contributed by atoms with E-state index in [1.54, 1.807) is 43.3 Å². The summed E-state index contributed by atoms with van der Waals surface area (Å²) in [7, 11) is 0. The molecule has 156 valence electrons. The van der Waals surface area contributed by atoms with E-state index in [0.717, 1.165) is 0 Å². The first-order valence-electron chi connectivity index (χ1n) is 9.15. The summed E-state index contributed by atoms with van der Waals surface area (Å²) in [6.07, 6.45) is 0. The second-order valence-electron chi connectivity index (χ2n) is 6.41. The SMILES string of the molecule is CCNC(=O)[C@@H](C)N(Cc1ccc(Cl)cc1Cl)C(=O)CSCc1ccccc1F. The van der Waals surface area contributed by atoms with Crippen molar-refractivity contribution in [2.24, 2.45) is 0 Å². The van der Waals surface area contributed by atoms with Crippen molar-refractivity contribution in [1.29, 1.82) is 0 Å². The molecule has 0 unspecified atom stereocenters. The molecule has 0 aliphatic carbocycles. The minimum Gasteiger partial charge on any atom is -0.355 e. The standard InChI is InChI=1S/C21H23Cl2FN2O2S/c1-3-25-21(28)14(2)26(11-15-8-9-17(22)10-18(15)23)20(27)13-29-12-16-6-4-5-7-19(16)24/h4-10,14H,3,11-13H2,1-2H3,(H,25,28)/t14-/m1/s1. The van der Waals surface area contributed by atoms with Crippen molar-refractivity contribution >= 4 is 46.8 Å². The van der Waals surface area contributed by atoms with Crippen molar-refractivity contribution in [1.82, 2.24) is 10.2 Å². The van der Waals surface area contributed by atoms with E-state index in [-0.39, 0.29) is 29.9 Å². The van der Waals surface area contributed by atoms with Crippen LogP contribution in [-0.2, 0) is 21.9 Å².